The van der Waals surface area contributed by atoms with E-state index in [-0.39, 0.29) is 11.9 Å². The lowest BCUT2D eigenvalue weighted by atomic mass is 10.0. The Labute approximate surface area is 127 Å². The van der Waals surface area contributed by atoms with Gasteiger partial charge < -0.3 is 5.32 Å². The summed E-state index contributed by atoms with van der Waals surface area (Å²) in [6.45, 7) is 4.43. The van der Waals surface area contributed by atoms with E-state index < -0.39 is 0 Å². The van der Waals surface area contributed by atoms with Gasteiger partial charge in [-0.05, 0) is 48.1 Å². The molecular weight excluding hydrogens is 289 g/mol. The van der Waals surface area contributed by atoms with E-state index in [9.17, 15) is 4.39 Å². The highest BCUT2D eigenvalue weighted by molar-refractivity contribution is 8.01. The molecule has 0 saturated carbocycles. The van der Waals surface area contributed by atoms with E-state index in [0.29, 0.717) is 11.3 Å². The van der Waals surface area contributed by atoms with Crippen LogP contribution in [0.3, 0.4) is 0 Å². The van der Waals surface area contributed by atoms with Gasteiger partial charge in [0.05, 0.1) is 4.21 Å². The minimum Gasteiger partial charge on any atom is -0.303 e. The lowest BCUT2D eigenvalue weighted by molar-refractivity contribution is 0.435. The van der Waals surface area contributed by atoms with Gasteiger partial charge in [-0.3, -0.25) is 0 Å². The van der Waals surface area contributed by atoms with Crippen LogP contribution in [0.5, 0.6) is 0 Å². The first-order valence-corrected chi connectivity index (χ1v) is 8.65. The van der Waals surface area contributed by atoms with Crippen LogP contribution >= 0.6 is 23.1 Å². The minimum absolute atomic E-state index is 0.177. The van der Waals surface area contributed by atoms with Crippen LogP contribution < -0.4 is 5.32 Å². The first-order valence-electron chi connectivity index (χ1n) is 6.89. The van der Waals surface area contributed by atoms with Gasteiger partial charge in [-0.1, -0.05) is 19.1 Å². The first-order chi connectivity index (χ1) is 9.63. The van der Waals surface area contributed by atoms with Crippen molar-refractivity contribution in [3.63, 3.8) is 0 Å². The van der Waals surface area contributed by atoms with Crippen molar-refractivity contribution in [3.8, 4) is 0 Å². The zero-order chi connectivity index (χ0) is 14.1. The number of hydrogen-bond acceptors (Lipinski definition) is 3. The second-order valence-corrected chi connectivity index (χ2v) is 7.94. The minimum atomic E-state index is -0.177. The Balaban J connectivity index is 1.76. The predicted octanol–water partition coefficient (Wildman–Crippen LogP) is 5.16. The summed E-state index contributed by atoms with van der Waals surface area (Å²) in [6.07, 6.45) is 1.14. The molecule has 1 aliphatic rings. The third-order valence-corrected chi connectivity index (χ3v) is 6.07. The van der Waals surface area contributed by atoms with Crippen molar-refractivity contribution in [2.45, 2.75) is 41.8 Å². The van der Waals surface area contributed by atoms with Crippen molar-refractivity contribution >= 4 is 23.1 Å². The number of hydrogen-bond donors (Lipinski definition) is 1. The van der Waals surface area contributed by atoms with Crippen LogP contribution in [-0.4, -0.2) is 5.25 Å². The van der Waals surface area contributed by atoms with E-state index >= 15 is 0 Å². The Morgan fingerprint density at radius 2 is 2.00 bits per heavy atom. The Bertz CT molecular complexity index is 578. The fourth-order valence-electron chi connectivity index (χ4n) is 2.66. The summed E-state index contributed by atoms with van der Waals surface area (Å²) < 4.78 is 14.4. The predicted molar refractivity (Wildman–Crippen MR) is 84.9 cm³/mol. The van der Waals surface area contributed by atoms with Crippen molar-refractivity contribution in [2.75, 3.05) is 0 Å². The molecule has 0 fully saturated rings. The highest BCUT2D eigenvalue weighted by Crippen LogP contribution is 2.44. The molecular formula is C16H18FNS2. The van der Waals surface area contributed by atoms with E-state index in [4.69, 9.17) is 0 Å². The third-order valence-electron chi connectivity index (χ3n) is 3.73. The molecule has 20 heavy (non-hydrogen) atoms. The fraction of sp³-hybridized carbons (Fsp3) is 0.375. The largest absolute Gasteiger partial charge is 0.303 e. The molecule has 2 aromatic rings. The SMILES string of the molecule is C[C@H]1CC(N[C@H](C)c2ccc(F)cc2)c2ccsc2S1. The molecule has 0 spiro atoms. The quantitative estimate of drug-likeness (QED) is 0.840. The van der Waals surface area contributed by atoms with Crippen molar-refractivity contribution in [1.82, 2.24) is 5.32 Å². The molecule has 1 unspecified atom stereocenters. The molecule has 0 bridgehead atoms. The molecule has 0 amide bonds. The molecule has 1 nitrogen and oxygen atoms in total. The zero-order valence-electron chi connectivity index (χ0n) is 11.6. The second kappa shape index (κ2) is 5.88. The Hall–Kier alpha value is -0.840. The molecule has 0 saturated heterocycles. The molecule has 0 aliphatic carbocycles. The maximum Gasteiger partial charge on any atom is 0.123 e. The van der Waals surface area contributed by atoms with Gasteiger partial charge >= 0.3 is 0 Å². The number of rotatable bonds is 3. The van der Waals surface area contributed by atoms with Crippen molar-refractivity contribution in [3.05, 3.63) is 52.7 Å². The summed E-state index contributed by atoms with van der Waals surface area (Å²) in [6, 6.07) is 9.64. The molecule has 1 aromatic heterocycles. The number of thiophene rings is 1. The van der Waals surface area contributed by atoms with Crippen LogP contribution in [0.2, 0.25) is 0 Å². The molecule has 3 atom stereocenters. The molecule has 4 heteroatoms. The lowest BCUT2D eigenvalue weighted by Crippen LogP contribution is -2.28. The Morgan fingerprint density at radius 1 is 1.25 bits per heavy atom. The van der Waals surface area contributed by atoms with Crippen LogP contribution in [0.15, 0.2) is 39.9 Å². The average molecular weight is 307 g/mol. The van der Waals surface area contributed by atoms with E-state index in [1.165, 1.54) is 21.9 Å². The summed E-state index contributed by atoms with van der Waals surface area (Å²) in [5, 5.41) is 6.51. The highest BCUT2D eigenvalue weighted by Gasteiger charge is 2.27. The van der Waals surface area contributed by atoms with Gasteiger partial charge in [-0.15, -0.1) is 23.1 Å². The van der Waals surface area contributed by atoms with Gasteiger partial charge in [0.2, 0.25) is 0 Å². The van der Waals surface area contributed by atoms with Crippen LogP contribution in [0.25, 0.3) is 0 Å². The molecule has 1 N–H and O–H groups in total. The number of fused-ring (bicyclic) bond motifs is 1. The number of thioether (sulfide) groups is 1. The summed E-state index contributed by atoms with van der Waals surface area (Å²) in [5.74, 6) is -0.177. The van der Waals surface area contributed by atoms with Gasteiger partial charge in [0.15, 0.2) is 0 Å². The smallest absolute Gasteiger partial charge is 0.123 e. The zero-order valence-corrected chi connectivity index (χ0v) is 13.2. The van der Waals surface area contributed by atoms with Crippen molar-refractivity contribution in [1.29, 1.82) is 0 Å². The van der Waals surface area contributed by atoms with Crippen molar-refractivity contribution < 1.29 is 4.39 Å². The van der Waals surface area contributed by atoms with Gasteiger partial charge in [0.25, 0.3) is 0 Å². The average Bonchev–Trinajstić information content (AvgIpc) is 2.87. The highest BCUT2D eigenvalue weighted by atomic mass is 32.2. The number of nitrogens with one attached hydrogen (secondary N) is 1. The topological polar surface area (TPSA) is 12.0 Å². The van der Waals surface area contributed by atoms with Crippen LogP contribution in [0.1, 0.15) is 43.5 Å². The summed E-state index contributed by atoms with van der Waals surface area (Å²) in [4.78, 5) is 0. The van der Waals surface area contributed by atoms with E-state index in [0.717, 1.165) is 12.0 Å². The van der Waals surface area contributed by atoms with Crippen molar-refractivity contribution in [2.24, 2.45) is 0 Å². The fourth-order valence-corrected chi connectivity index (χ4v) is 5.22. The van der Waals surface area contributed by atoms with E-state index in [2.05, 4.69) is 30.6 Å². The standard InChI is InChI=1S/C16H18FNS2/c1-10-9-15(14-7-8-19-16(14)20-10)18-11(2)12-3-5-13(17)6-4-12/h3-8,10-11,15,18H,9H2,1-2H3/t10-,11+,15?/m0/s1. The molecule has 1 aromatic carbocycles. The van der Waals surface area contributed by atoms with Gasteiger partial charge in [0, 0.05) is 17.3 Å². The van der Waals surface area contributed by atoms with E-state index in [1.807, 2.05) is 35.2 Å². The molecule has 1 aliphatic heterocycles. The Kier molecular flexibility index (Phi) is 4.15. The normalized spacial score (nSPS) is 23.4. The van der Waals surface area contributed by atoms with Crippen LogP contribution in [-0.2, 0) is 0 Å². The number of benzene rings is 1. The Morgan fingerprint density at radius 3 is 2.75 bits per heavy atom. The maximum absolute atomic E-state index is 13.0. The molecule has 2 heterocycles. The van der Waals surface area contributed by atoms with Gasteiger partial charge in [-0.2, -0.15) is 0 Å². The monoisotopic (exact) mass is 307 g/mol. The van der Waals surface area contributed by atoms with E-state index in [1.54, 1.807) is 0 Å². The maximum atomic E-state index is 13.0. The van der Waals surface area contributed by atoms with Gasteiger partial charge in [0.1, 0.15) is 5.82 Å². The summed E-state index contributed by atoms with van der Waals surface area (Å²) in [7, 11) is 0. The molecule has 106 valence electrons. The lowest BCUT2D eigenvalue weighted by Gasteiger charge is -2.30. The van der Waals surface area contributed by atoms with Crippen LogP contribution in [0.4, 0.5) is 4.39 Å². The molecule has 0 radical (unpaired) electrons. The second-order valence-electron chi connectivity index (χ2n) is 5.32. The summed E-state index contributed by atoms with van der Waals surface area (Å²) >= 11 is 3.81. The van der Waals surface area contributed by atoms with Crippen LogP contribution in [0, 0.1) is 5.82 Å². The molecule has 3 rings (SSSR count). The first kappa shape index (κ1) is 14.1. The third kappa shape index (κ3) is 2.92. The summed E-state index contributed by atoms with van der Waals surface area (Å²) in [5.41, 5.74) is 2.56. The number of halogens is 1. The van der Waals surface area contributed by atoms with Gasteiger partial charge in [-0.25, -0.2) is 4.39 Å².